The SMILES string of the molecule is COc1ccccc1CN(C)C1CCc2nn(-c3ccccn3)c(O)c2C1.Cl. The molecule has 3 aromatic rings. The van der Waals surface area contributed by atoms with Crippen molar-refractivity contribution in [2.45, 2.75) is 31.8 Å². The van der Waals surface area contributed by atoms with Crippen LogP contribution in [-0.4, -0.2) is 45.0 Å². The second-order valence-electron chi connectivity index (χ2n) is 6.97. The first kappa shape index (κ1) is 20.2. The van der Waals surface area contributed by atoms with E-state index in [1.165, 1.54) is 5.56 Å². The predicted octanol–water partition coefficient (Wildman–Crippen LogP) is 3.39. The Labute approximate surface area is 171 Å². The number of nitrogens with zero attached hydrogens (tertiary/aromatic N) is 4. The van der Waals surface area contributed by atoms with Crippen molar-refractivity contribution in [3.8, 4) is 17.4 Å². The van der Waals surface area contributed by atoms with E-state index in [0.717, 1.165) is 42.8 Å². The van der Waals surface area contributed by atoms with E-state index in [1.807, 2.05) is 36.4 Å². The van der Waals surface area contributed by atoms with E-state index < -0.39 is 0 Å². The molecule has 7 heteroatoms. The van der Waals surface area contributed by atoms with Crippen LogP contribution in [-0.2, 0) is 19.4 Å². The molecule has 6 nitrogen and oxygen atoms in total. The van der Waals surface area contributed by atoms with Crippen LogP contribution in [0.15, 0.2) is 48.7 Å². The molecule has 1 atom stereocenters. The number of aromatic nitrogens is 3. The summed E-state index contributed by atoms with van der Waals surface area (Å²) < 4.78 is 7.02. The van der Waals surface area contributed by atoms with Crippen LogP contribution in [0.1, 0.15) is 23.2 Å². The standard InChI is InChI=1S/C21H24N4O2.ClH/c1-24(14-15-7-3-4-8-19(15)27-2)16-10-11-18-17(13-16)21(26)25(23-18)20-9-5-6-12-22-20;/h3-9,12,16,26H,10-11,13-14H2,1-2H3;1H. The molecule has 0 radical (unpaired) electrons. The lowest BCUT2D eigenvalue weighted by Gasteiger charge is -2.31. The average Bonchev–Trinajstić information content (AvgIpc) is 3.05. The fourth-order valence-electron chi connectivity index (χ4n) is 3.78. The third kappa shape index (κ3) is 3.84. The van der Waals surface area contributed by atoms with E-state index in [9.17, 15) is 5.11 Å². The van der Waals surface area contributed by atoms with Crippen molar-refractivity contribution in [3.05, 3.63) is 65.5 Å². The topological polar surface area (TPSA) is 63.4 Å². The number of rotatable bonds is 5. The van der Waals surface area contributed by atoms with Crippen LogP contribution in [0.4, 0.5) is 0 Å². The quantitative estimate of drug-likeness (QED) is 0.711. The van der Waals surface area contributed by atoms with E-state index in [0.29, 0.717) is 11.9 Å². The molecule has 0 fully saturated rings. The number of para-hydroxylation sites is 1. The molecule has 2 heterocycles. The highest BCUT2D eigenvalue weighted by Gasteiger charge is 2.29. The third-order valence-corrected chi connectivity index (χ3v) is 5.30. The van der Waals surface area contributed by atoms with Gasteiger partial charge in [-0.3, -0.25) is 4.90 Å². The number of halogens is 1. The Balaban J connectivity index is 0.00000225. The molecular formula is C21H25ClN4O2. The van der Waals surface area contributed by atoms with Crippen molar-refractivity contribution in [2.75, 3.05) is 14.2 Å². The minimum absolute atomic E-state index is 0. The minimum Gasteiger partial charge on any atom is -0.496 e. The first-order valence-electron chi connectivity index (χ1n) is 9.20. The summed E-state index contributed by atoms with van der Waals surface area (Å²) in [5.41, 5.74) is 3.07. The van der Waals surface area contributed by atoms with E-state index in [1.54, 1.807) is 18.0 Å². The molecule has 1 aliphatic rings. The summed E-state index contributed by atoms with van der Waals surface area (Å²) in [4.78, 5) is 6.63. The van der Waals surface area contributed by atoms with E-state index in [-0.39, 0.29) is 18.3 Å². The van der Waals surface area contributed by atoms with Crippen LogP contribution in [0.2, 0.25) is 0 Å². The highest BCUT2D eigenvalue weighted by atomic mass is 35.5. The number of likely N-dealkylation sites (N-methyl/N-ethyl adjacent to an activating group) is 1. The number of aromatic hydroxyl groups is 1. The van der Waals surface area contributed by atoms with Gasteiger partial charge in [0.2, 0.25) is 5.88 Å². The number of methoxy groups -OCH3 is 1. The summed E-state index contributed by atoms with van der Waals surface area (Å²) in [5.74, 6) is 1.76. The first-order valence-corrected chi connectivity index (χ1v) is 9.20. The van der Waals surface area contributed by atoms with Gasteiger partial charge in [-0.2, -0.15) is 9.78 Å². The number of pyridine rings is 1. The summed E-state index contributed by atoms with van der Waals surface area (Å²) in [6.07, 6.45) is 4.35. The zero-order chi connectivity index (χ0) is 18.8. The second-order valence-corrected chi connectivity index (χ2v) is 6.97. The molecule has 28 heavy (non-hydrogen) atoms. The largest absolute Gasteiger partial charge is 0.496 e. The number of hydrogen-bond acceptors (Lipinski definition) is 5. The van der Waals surface area contributed by atoms with Gasteiger partial charge < -0.3 is 9.84 Å². The molecule has 1 unspecified atom stereocenters. The highest BCUT2D eigenvalue weighted by Crippen LogP contribution is 2.32. The van der Waals surface area contributed by atoms with Gasteiger partial charge in [-0.15, -0.1) is 12.4 Å². The Bertz CT molecular complexity index is 929. The number of aryl methyl sites for hydroxylation is 1. The zero-order valence-corrected chi connectivity index (χ0v) is 16.9. The molecule has 1 N–H and O–H groups in total. The highest BCUT2D eigenvalue weighted by molar-refractivity contribution is 5.85. The van der Waals surface area contributed by atoms with Crippen LogP contribution in [0.5, 0.6) is 11.6 Å². The summed E-state index contributed by atoms with van der Waals surface area (Å²) >= 11 is 0. The molecule has 4 rings (SSSR count). The molecule has 0 aliphatic heterocycles. The lowest BCUT2D eigenvalue weighted by Crippen LogP contribution is -2.35. The monoisotopic (exact) mass is 400 g/mol. The maximum Gasteiger partial charge on any atom is 0.219 e. The van der Waals surface area contributed by atoms with Crippen LogP contribution in [0.25, 0.3) is 5.82 Å². The predicted molar refractivity (Wildman–Crippen MR) is 111 cm³/mol. The van der Waals surface area contributed by atoms with Crippen molar-refractivity contribution in [1.82, 2.24) is 19.7 Å². The molecule has 1 aromatic carbocycles. The average molecular weight is 401 g/mol. The van der Waals surface area contributed by atoms with Gasteiger partial charge >= 0.3 is 0 Å². The zero-order valence-electron chi connectivity index (χ0n) is 16.1. The Morgan fingerprint density at radius 2 is 2.00 bits per heavy atom. The molecule has 0 spiro atoms. The summed E-state index contributed by atoms with van der Waals surface area (Å²) in [7, 11) is 3.83. The summed E-state index contributed by atoms with van der Waals surface area (Å²) in [6, 6.07) is 14.1. The fraction of sp³-hybridized carbons (Fsp3) is 0.333. The van der Waals surface area contributed by atoms with Gasteiger partial charge in [0.1, 0.15) is 5.75 Å². The smallest absolute Gasteiger partial charge is 0.219 e. The molecule has 0 saturated heterocycles. The van der Waals surface area contributed by atoms with E-state index >= 15 is 0 Å². The molecule has 1 aliphatic carbocycles. The molecule has 0 bridgehead atoms. The van der Waals surface area contributed by atoms with Crippen LogP contribution >= 0.6 is 12.4 Å². The maximum absolute atomic E-state index is 10.7. The normalized spacial score (nSPS) is 15.8. The van der Waals surface area contributed by atoms with Gasteiger partial charge in [-0.25, -0.2) is 4.98 Å². The van der Waals surface area contributed by atoms with Crippen LogP contribution in [0, 0.1) is 0 Å². The van der Waals surface area contributed by atoms with E-state index in [4.69, 9.17) is 4.74 Å². The lowest BCUT2D eigenvalue weighted by atomic mass is 9.92. The van der Waals surface area contributed by atoms with Gasteiger partial charge in [0.05, 0.1) is 12.8 Å². The number of fused-ring (bicyclic) bond motifs is 1. The number of ether oxygens (including phenoxy) is 1. The van der Waals surface area contributed by atoms with Gasteiger partial charge in [0.25, 0.3) is 0 Å². The first-order chi connectivity index (χ1) is 13.2. The third-order valence-electron chi connectivity index (χ3n) is 5.30. The van der Waals surface area contributed by atoms with Crippen molar-refractivity contribution < 1.29 is 9.84 Å². The van der Waals surface area contributed by atoms with Crippen molar-refractivity contribution in [3.63, 3.8) is 0 Å². The van der Waals surface area contributed by atoms with Gasteiger partial charge in [0, 0.05) is 29.9 Å². The minimum atomic E-state index is 0. The summed E-state index contributed by atoms with van der Waals surface area (Å²) in [6.45, 7) is 0.805. The summed E-state index contributed by atoms with van der Waals surface area (Å²) in [5, 5.41) is 15.3. The van der Waals surface area contributed by atoms with Crippen molar-refractivity contribution in [1.29, 1.82) is 0 Å². The number of benzene rings is 1. The Morgan fingerprint density at radius 3 is 2.75 bits per heavy atom. The van der Waals surface area contributed by atoms with Gasteiger partial charge in [-0.1, -0.05) is 24.3 Å². The van der Waals surface area contributed by atoms with Gasteiger partial charge in [-0.05, 0) is 44.5 Å². The van der Waals surface area contributed by atoms with Crippen LogP contribution in [0.3, 0.4) is 0 Å². The molecule has 0 saturated carbocycles. The maximum atomic E-state index is 10.7. The van der Waals surface area contributed by atoms with Crippen molar-refractivity contribution in [2.24, 2.45) is 0 Å². The van der Waals surface area contributed by atoms with Gasteiger partial charge in [0.15, 0.2) is 5.82 Å². The Morgan fingerprint density at radius 1 is 1.21 bits per heavy atom. The Kier molecular flexibility index (Phi) is 6.21. The number of hydrogen-bond donors (Lipinski definition) is 1. The fourth-order valence-corrected chi connectivity index (χ4v) is 3.78. The lowest BCUT2D eigenvalue weighted by molar-refractivity contribution is 0.209. The molecule has 148 valence electrons. The van der Waals surface area contributed by atoms with Crippen molar-refractivity contribution >= 4 is 12.4 Å². The molecule has 2 aromatic heterocycles. The van der Waals surface area contributed by atoms with Crippen LogP contribution < -0.4 is 4.74 Å². The molecule has 0 amide bonds. The second kappa shape index (κ2) is 8.63. The molecular weight excluding hydrogens is 376 g/mol. The van der Waals surface area contributed by atoms with E-state index in [2.05, 4.69) is 28.1 Å². The Hall–Kier alpha value is -2.57.